The summed E-state index contributed by atoms with van der Waals surface area (Å²) in [6.07, 6.45) is 0. The third-order valence-electron chi connectivity index (χ3n) is 4.72. The van der Waals surface area contributed by atoms with Gasteiger partial charge in [0.15, 0.2) is 0 Å². The molecule has 3 heteroatoms. The molecule has 0 aliphatic carbocycles. The van der Waals surface area contributed by atoms with E-state index in [0.717, 1.165) is 11.1 Å². The van der Waals surface area contributed by atoms with Gasteiger partial charge < -0.3 is 10.1 Å². The molecule has 27 heavy (non-hydrogen) atoms. The first-order valence-corrected chi connectivity index (χ1v) is 9.18. The Kier molecular flexibility index (Phi) is 5.92. The summed E-state index contributed by atoms with van der Waals surface area (Å²) in [5, 5.41) is 3.07. The van der Waals surface area contributed by atoms with Crippen LogP contribution < -0.4 is 10.1 Å². The third kappa shape index (κ3) is 4.98. The maximum absolute atomic E-state index is 12.6. The van der Waals surface area contributed by atoms with Gasteiger partial charge in [-0.1, -0.05) is 54.6 Å². The molecule has 0 aliphatic heterocycles. The Morgan fingerprint density at radius 2 is 1.70 bits per heavy atom. The number of aryl methyl sites for hydroxylation is 2. The smallest absolute Gasteiger partial charge is 0.251 e. The number of nitrogens with one attached hydrogen (secondary N) is 1. The molecule has 0 unspecified atom stereocenters. The Morgan fingerprint density at radius 3 is 2.44 bits per heavy atom. The number of benzene rings is 3. The van der Waals surface area contributed by atoms with Gasteiger partial charge in [-0.3, -0.25) is 4.79 Å². The van der Waals surface area contributed by atoms with E-state index in [1.807, 2.05) is 49.4 Å². The van der Waals surface area contributed by atoms with E-state index in [9.17, 15) is 4.79 Å². The number of carbonyl (C=O) groups excluding carboxylic acids is 1. The molecule has 3 rings (SSSR count). The topological polar surface area (TPSA) is 38.3 Å². The maximum atomic E-state index is 12.6. The molecule has 1 atom stereocenters. The van der Waals surface area contributed by atoms with Crippen LogP contribution in [0.4, 0.5) is 0 Å². The number of carbonyl (C=O) groups is 1. The Morgan fingerprint density at radius 1 is 0.926 bits per heavy atom. The fraction of sp³-hybridized carbons (Fsp3) is 0.208. The highest BCUT2D eigenvalue weighted by Gasteiger charge is 2.13. The van der Waals surface area contributed by atoms with E-state index >= 15 is 0 Å². The van der Waals surface area contributed by atoms with Crippen LogP contribution in [0.1, 0.15) is 45.6 Å². The zero-order chi connectivity index (χ0) is 19.2. The van der Waals surface area contributed by atoms with E-state index in [2.05, 4.69) is 37.4 Å². The molecule has 138 valence electrons. The van der Waals surface area contributed by atoms with E-state index in [0.29, 0.717) is 17.9 Å². The summed E-state index contributed by atoms with van der Waals surface area (Å²) in [6.45, 7) is 6.65. The van der Waals surface area contributed by atoms with Crippen molar-refractivity contribution in [2.24, 2.45) is 0 Å². The fourth-order valence-electron chi connectivity index (χ4n) is 2.87. The minimum Gasteiger partial charge on any atom is -0.489 e. The van der Waals surface area contributed by atoms with Crippen molar-refractivity contribution < 1.29 is 9.53 Å². The zero-order valence-electron chi connectivity index (χ0n) is 16.0. The third-order valence-corrected chi connectivity index (χ3v) is 4.72. The predicted molar refractivity (Wildman–Crippen MR) is 109 cm³/mol. The van der Waals surface area contributed by atoms with Crippen LogP contribution in [0, 0.1) is 13.8 Å². The van der Waals surface area contributed by atoms with Gasteiger partial charge in [-0.05, 0) is 61.2 Å². The monoisotopic (exact) mass is 359 g/mol. The van der Waals surface area contributed by atoms with E-state index in [-0.39, 0.29) is 11.9 Å². The van der Waals surface area contributed by atoms with E-state index in [1.165, 1.54) is 11.1 Å². The summed E-state index contributed by atoms with van der Waals surface area (Å²) in [4.78, 5) is 12.6. The second-order valence-electron chi connectivity index (χ2n) is 6.84. The normalized spacial score (nSPS) is 11.7. The molecule has 0 heterocycles. The average Bonchev–Trinajstić information content (AvgIpc) is 2.69. The minimum atomic E-state index is -0.106. The van der Waals surface area contributed by atoms with Gasteiger partial charge in [0.2, 0.25) is 0 Å². The Bertz CT molecular complexity index is 919. The van der Waals surface area contributed by atoms with Crippen molar-refractivity contribution in [1.82, 2.24) is 5.32 Å². The molecular formula is C24H25NO2. The average molecular weight is 359 g/mol. The Hall–Kier alpha value is -3.07. The second-order valence-corrected chi connectivity index (χ2v) is 6.84. The number of rotatable bonds is 6. The van der Waals surface area contributed by atoms with Crippen LogP contribution in [0.2, 0.25) is 0 Å². The van der Waals surface area contributed by atoms with Crippen LogP contribution >= 0.6 is 0 Å². The Labute approximate surface area is 161 Å². The highest BCUT2D eigenvalue weighted by Crippen LogP contribution is 2.19. The van der Waals surface area contributed by atoms with E-state index in [1.54, 1.807) is 12.1 Å². The number of hydrogen-bond donors (Lipinski definition) is 1. The summed E-state index contributed by atoms with van der Waals surface area (Å²) < 4.78 is 5.82. The van der Waals surface area contributed by atoms with Gasteiger partial charge in [-0.15, -0.1) is 0 Å². The van der Waals surface area contributed by atoms with Crippen LogP contribution in [-0.4, -0.2) is 5.91 Å². The highest BCUT2D eigenvalue weighted by molar-refractivity contribution is 5.94. The number of amides is 1. The molecular weight excluding hydrogens is 334 g/mol. The molecule has 0 bridgehead atoms. The first-order chi connectivity index (χ1) is 13.0. The van der Waals surface area contributed by atoms with Gasteiger partial charge in [0, 0.05) is 5.56 Å². The molecule has 3 aromatic carbocycles. The lowest BCUT2D eigenvalue weighted by Crippen LogP contribution is -2.26. The standard InChI is InChI=1S/C24H25NO2/c1-17-12-13-21(14-18(17)2)19(3)25-24(26)22-10-7-11-23(15-22)27-16-20-8-5-4-6-9-20/h4-15,19H,16H2,1-3H3,(H,25,26)/t19-/m1/s1. The lowest BCUT2D eigenvalue weighted by Gasteiger charge is -2.16. The first kappa shape index (κ1) is 18.7. The van der Waals surface area contributed by atoms with E-state index in [4.69, 9.17) is 4.74 Å². The molecule has 3 nitrogen and oxygen atoms in total. The molecule has 0 fully saturated rings. The lowest BCUT2D eigenvalue weighted by atomic mass is 10.0. The molecule has 0 saturated carbocycles. The highest BCUT2D eigenvalue weighted by atomic mass is 16.5. The number of hydrogen-bond acceptors (Lipinski definition) is 2. The van der Waals surface area contributed by atoms with Crippen molar-refractivity contribution in [3.8, 4) is 5.75 Å². The molecule has 1 amide bonds. The molecule has 0 radical (unpaired) electrons. The number of ether oxygens (including phenoxy) is 1. The molecule has 0 saturated heterocycles. The van der Waals surface area contributed by atoms with Crippen molar-refractivity contribution in [3.05, 3.63) is 101 Å². The van der Waals surface area contributed by atoms with Crippen molar-refractivity contribution in [1.29, 1.82) is 0 Å². The van der Waals surface area contributed by atoms with Crippen LogP contribution in [0.15, 0.2) is 72.8 Å². The fourth-order valence-corrected chi connectivity index (χ4v) is 2.87. The summed E-state index contributed by atoms with van der Waals surface area (Å²) in [6, 6.07) is 23.5. The summed E-state index contributed by atoms with van der Waals surface area (Å²) in [5.41, 5.74) is 5.26. The van der Waals surface area contributed by atoms with Crippen molar-refractivity contribution in [2.75, 3.05) is 0 Å². The lowest BCUT2D eigenvalue weighted by molar-refractivity contribution is 0.0939. The summed E-state index contributed by atoms with van der Waals surface area (Å²) >= 11 is 0. The minimum absolute atomic E-state index is 0.0642. The summed E-state index contributed by atoms with van der Waals surface area (Å²) in [7, 11) is 0. The quantitative estimate of drug-likeness (QED) is 0.642. The van der Waals surface area contributed by atoms with Gasteiger partial charge in [0.1, 0.15) is 12.4 Å². The molecule has 0 spiro atoms. The van der Waals surface area contributed by atoms with Crippen LogP contribution in [0.5, 0.6) is 5.75 Å². The molecule has 1 N–H and O–H groups in total. The van der Waals surface area contributed by atoms with Gasteiger partial charge in [-0.2, -0.15) is 0 Å². The van der Waals surface area contributed by atoms with Crippen molar-refractivity contribution in [3.63, 3.8) is 0 Å². The SMILES string of the molecule is Cc1ccc([C@@H](C)NC(=O)c2cccc(OCc3ccccc3)c2)cc1C. The molecule has 0 aromatic heterocycles. The van der Waals surface area contributed by atoms with Gasteiger partial charge in [0.05, 0.1) is 6.04 Å². The molecule has 0 aliphatic rings. The van der Waals surface area contributed by atoms with Crippen molar-refractivity contribution in [2.45, 2.75) is 33.4 Å². The van der Waals surface area contributed by atoms with Crippen LogP contribution in [-0.2, 0) is 6.61 Å². The first-order valence-electron chi connectivity index (χ1n) is 9.18. The zero-order valence-corrected chi connectivity index (χ0v) is 16.0. The Balaban J connectivity index is 1.65. The van der Waals surface area contributed by atoms with Gasteiger partial charge in [-0.25, -0.2) is 0 Å². The largest absolute Gasteiger partial charge is 0.489 e. The predicted octanol–water partition coefficient (Wildman–Crippen LogP) is 5.37. The van der Waals surface area contributed by atoms with E-state index < -0.39 is 0 Å². The van der Waals surface area contributed by atoms with Crippen LogP contribution in [0.3, 0.4) is 0 Å². The molecule has 3 aromatic rings. The van der Waals surface area contributed by atoms with Gasteiger partial charge in [0.25, 0.3) is 5.91 Å². The van der Waals surface area contributed by atoms with Gasteiger partial charge >= 0.3 is 0 Å². The van der Waals surface area contributed by atoms with Crippen LogP contribution in [0.25, 0.3) is 0 Å². The summed E-state index contributed by atoms with van der Waals surface area (Å²) in [5.74, 6) is 0.580. The maximum Gasteiger partial charge on any atom is 0.251 e. The van der Waals surface area contributed by atoms with Crippen molar-refractivity contribution >= 4 is 5.91 Å². The second kappa shape index (κ2) is 8.54.